The fraction of sp³-hybridized carbons (Fsp3) is 0.500. The van der Waals surface area contributed by atoms with Gasteiger partial charge < -0.3 is 9.64 Å². The molecular weight excluding hydrogens is 444 g/mol. The number of rotatable bonds is 7. The minimum absolute atomic E-state index is 0.294. The molecule has 1 saturated heterocycles. The first-order valence-electron chi connectivity index (χ1n) is 14.1. The maximum Gasteiger partial charge on any atom is 0.163 e. The zero-order valence-electron chi connectivity index (χ0n) is 21.3. The van der Waals surface area contributed by atoms with Crippen molar-refractivity contribution in [3.63, 3.8) is 0 Å². The van der Waals surface area contributed by atoms with Crippen LogP contribution in [0.5, 0.6) is 5.75 Å². The molecule has 3 aromatic rings. The average Bonchev–Trinajstić information content (AvgIpc) is 3.42. The lowest BCUT2D eigenvalue weighted by molar-refractivity contribution is 0.0939. The van der Waals surface area contributed by atoms with Crippen molar-refractivity contribution in [3.05, 3.63) is 71.4 Å². The molecule has 4 nitrogen and oxygen atoms in total. The van der Waals surface area contributed by atoms with Gasteiger partial charge in [0.05, 0.1) is 12.1 Å². The molecule has 0 N–H and O–H groups in total. The molecule has 0 atom stereocenters. The van der Waals surface area contributed by atoms with Crippen molar-refractivity contribution in [2.24, 2.45) is 11.8 Å². The van der Waals surface area contributed by atoms with Gasteiger partial charge in [0.15, 0.2) is 5.78 Å². The van der Waals surface area contributed by atoms with Gasteiger partial charge in [-0.1, -0.05) is 31.0 Å². The van der Waals surface area contributed by atoms with Crippen molar-refractivity contribution in [1.82, 2.24) is 9.88 Å². The Hall–Kier alpha value is -2.72. The molecule has 36 heavy (non-hydrogen) atoms. The molecular formula is C32H38N2O2. The first kappa shape index (κ1) is 23.7. The van der Waals surface area contributed by atoms with E-state index in [4.69, 9.17) is 4.74 Å². The van der Waals surface area contributed by atoms with Gasteiger partial charge >= 0.3 is 0 Å². The highest BCUT2D eigenvalue weighted by molar-refractivity contribution is 5.99. The molecule has 1 aromatic heterocycles. The lowest BCUT2D eigenvalue weighted by atomic mass is 9.78. The van der Waals surface area contributed by atoms with Crippen molar-refractivity contribution < 1.29 is 9.53 Å². The Balaban J connectivity index is 0.928. The predicted octanol–water partition coefficient (Wildman–Crippen LogP) is 6.82. The first-order valence-corrected chi connectivity index (χ1v) is 14.1. The molecule has 4 heteroatoms. The van der Waals surface area contributed by atoms with E-state index in [0.717, 1.165) is 41.2 Å². The topological polar surface area (TPSA) is 42.4 Å². The van der Waals surface area contributed by atoms with E-state index in [0.29, 0.717) is 24.0 Å². The summed E-state index contributed by atoms with van der Waals surface area (Å²) in [5, 5.41) is 1.05. The van der Waals surface area contributed by atoms with Crippen molar-refractivity contribution in [2.75, 3.05) is 26.2 Å². The summed E-state index contributed by atoms with van der Waals surface area (Å²) in [6, 6.07) is 16.6. The maximum absolute atomic E-state index is 12.9. The highest BCUT2D eigenvalue weighted by Crippen LogP contribution is 2.38. The van der Waals surface area contributed by atoms with Gasteiger partial charge in [-0.05, 0) is 105 Å². The smallest absolute Gasteiger partial charge is 0.163 e. The van der Waals surface area contributed by atoms with Crippen LogP contribution in [0.1, 0.15) is 78.8 Å². The number of carbonyl (C=O) groups is 1. The van der Waals surface area contributed by atoms with Gasteiger partial charge in [0.25, 0.3) is 0 Å². The van der Waals surface area contributed by atoms with E-state index in [9.17, 15) is 4.79 Å². The van der Waals surface area contributed by atoms with Crippen LogP contribution in [0, 0.1) is 11.8 Å². The Labute approximate surface area is 215 Å². The van der Waals surface area contributed by atoms with E-state index < -0.39 is 0 Å². The number of ketones is 1. The lowest BCUT2D eigenvalue weighted by Gasteiger charge is -2.35. The first-order chi connectivity index (χ1) is 17.7. The molecule has 0 radical (unpaired) electrons. The standard InChI is InChI=1S/C32H38N2O2/c35-31(27-10-11-30-26(22-27)3-2-16-33-30)21-24-8-6-23(7-9-24)12-17-34-18-13-25(14-19-34)28-4-1-5-32-29(28)15-20-36-32/h1-5,10-11,16,22-25H,6-9,12-15,17-21H2. The van der Waals surface area contributed by atoms with Gasteiger partial charge in [-0.2, -0.15) is 0 Å². The number of aromatic nitrogens is 1. The number of piperidine rings is 1. The summed E-state index contributed by atoms with van der Waals surface area (Å²) in [5.41, 5.74) is 4.83. The highest BCUT2D eigenvalue weighted by atomic mass is 16.5. The Morgan fingerprint density at radius 3 is 2.64 bits per heavy atom. The maximum atomic E-state index is 12.9. The van der Waals surface area contributed by atoms with Crippen LogP contribution in [-0.4, -0.2) is 41.9 Å². The Morgan fingerprint density at radius 1 is 0.944 bits per heavy atom. The molecule has 0 bridgehead atoms. The van der Waals surface area contributed by atoms with Crippen LogP contribution in [0.3, 0.4) is 0 Å². The molecule has 1 aliphatic carbocycles. The average molecular weight is 483 g/mol. The number of benzene rings is 2. The monoisotopic (exact) mass is 482 g/mol. The summed E-state index contributed by atoms with van der Waals surface area (Å²) in [5.74, 6) is 3.50. The number of hydrogen-bond donors (Lipinski definition) is 0. The zero-order chi connectivity index (χ0) is 24.3. The number of ether oxygens (including phenoxy) is 1. The molecule has 0 amide bonds. The van der Waals surface area contributed by atoms with Crippen molar-refractivity contribution in [3.8, 4) is 5.75 Å². The summed E-state index contributed by atoms with van der Waals surface area (Å²) >= 11 is 0. The molecule has 3 heterocycles. The minimum Gasteiger partial charge on any atom is -0.493 e. The summed E-state index contributed by atoms with van der Waals surface area (Å²) in [4.78, 5) is 20.0. The fourth-order valence-corrected chi connectivity index (χ4v) is 6.82. The van der Waals surface area contributed by atoms with Gasteiger partial charge in [-0.25, -0.2) is 0 Å². The lowest BCUT2D eigenvalue weighted by Crippen LogP contribution is -2.35. The van der Waals surface area contributed by atoms with Crippen LogP contribution < -0.4 is 4.74 Å². The van der Waals surface area contributed by atoms with Crippen LogP contribution >= 0.6 is 0 Å². The molecule has 188 valence electrons. The molecule has 1 saturated carbocycles. The Morgan fingerprint density at radius 2 is 1.78 bits per heavy atom. The van der Waals surface area contributed by atoms with Crippen LogP contribution in [0.4, 0.5) is 0 Å². The van der Waals surface area contributed by atoms with E-state index in [2.05, 4.69) is 28.1 Å². The molecule has 2 aromatic carbocycles. The second-order valence-corrected chi connectivity index (χ2v) is 11.3. The number of Topliss-reactive ketones (excluding diaryl/α,β-unsaturated/α-hetero) is 1. The number of fused-ring (bicyclic) bond motifs is 2. The minimum atomic E-state index is 0.294. The van der Waals surface area contributed by atoms with E-state index in [1.807, 2.05) is 30.3 Å². The number of carbonyl (C=O) groups excluding carboxylic acids is 1. The molecule has 0 unspecified atom stereocenters. The molecule has 2 fully saturated rings. The van der Waals surface area contributed by atoms with Gasteiger partial charge in [0, 0.05) is 35.6 Å². The summed E-state index contributed by atoms with van der Waals surface area (Å²) < 4.78 is 5.79. The quantitative estimate of drug-likeness (QED) is 0.347. The largest absolute Gasteiger partial charge is 0.493 e. The van der Waals surface area contributed by atoms with E-state index in [1.54, 1.807) is 11.8 Å². The third-order valence-electron chi connectivity index (χ3n) is 9.03. The van der Waals surface area contributed by atoms with E-state index in [1.165, 1.54) is 70.1 Å². The van der Waals surface area contributed by atoms with Crippen molar-refractivity contribution in [2.45, 2.75) is 63.7 Å². The van der Waals surface area contributed by atoms with E-state index >= 15 is 0 Å². The third-order valence-corrected chi connectivity index (χ3v) is 9.03. The van der Waals surface area contributed by atoms with Crippen molar-refractivity contribution in [1.29, 1.82) is 0 Å². The van der Waals surface area contributed by atoms with Crippen LogP contribution in [0.15, 0.2) is 54.7 Å². The normalized spacial score (nSPS) is 22.9. The molecule has 0 spiro atoms. The second kappa shape index (κ2) is 10.7. The Bertz CT molecular complexity index is 1210. The van der Waals surface area contributed by atoms with Gasteiger partial charge in [0.1, 0.15) is 5.75 Å². The van der Waals surface area contributed by atoms with Crippen LogP contribution in [0.2, 0.25) is 0 Å². The second-order valence-electron chi connectivity index (χ2n) is 11.3. The molecule has 3 aliphatic rings. The summed E-state index contributed by atoms with van der Waals surface area (Å²) in [6.45, 7) is 4.53. The van der Waals surface area contributed by atoms with Crippen LogP contribution in [0.25, 0.3) is 10.9 Å². The number of nitrogens with zero attached hydrogens (tertiary/aromatic N) is 2. The third kappa shape index (κ3) is 5.20. The van der Waals surface area contributed by atoms with E-state index in [-0.39, 0.29) is 0 Å². The highest BCUT2D eigenvalue weighted by Gasteiger charge is 2.27. The van der Waals surface area contributed by atoms with Crippen LogP contribution in [-0.2, 0) is 6.42 Å². The van der Waals surface area contributed by atoms with Gasteiger partial charge in [-0.3, -0.25) is 9.78 Å². The molecule has 6 rings (SSSR count). The fourth-order valence-electron chi connectivity index (χ4n) is 6.82. The summed E-state index contributed by atoms with van der Waals surface area (Å²) in [7, 11) is 0. The SMILES string of the molecule is O=C(CC1CCC(CCN2CCC(c3cccc4c3CCO4)CC2)CC1)c1ccc2ncccc2c1. The van der Waals surface area contributed by atoms with Crippen molar-refractivity contribution >= 4 is 16.7 Å². The van der Waals surface area contributed by atoms with Gasteiger partial charge in [0.2, 0.25) is 0 Å². The Kier molecular flexibility index (Phi) is 7.05. The van der Waals surface area contributed by atoms with Gasteiger partial charge in [-0.15, -0.1) is 0 Å². The zero-order valence-corrected chi connectivity index (χ0v) is 21.3. The number of hydrogen-bond acceptors (Lipinski definition) is 4. The number of pyridine rings is 1. The predicted molar refractivity (Wildman–Crippen MR) is 145 cm³/mol. The number of likely N-dealkylation sites (tertiary alicyclic amines) is 1. The summed E-state index contributed by atoms with van der Waals surface area (Å²) in [6.07, 6.45) is 12.4. The molecule has 2 aliphatic heterocycles.